The molecule has 1 fully saturated rings. The number of nitrogens with one attached hydrogen (secondary N) is 1. The summed E-state index contributed by atoms with van der Waals surface area (Å²) >= 11 is 1.20. The number of hydrogen-bond donors (Lipinski definition) is 1. The quantitative estimate of drug-likeness (QED) is 0.678. The fourth-order valence-electron chi connectivity index (χ4n) is 3.21. The van der Waals surface area contributed by atoms with Crippen LogP contribution in [0, 0.1) is 5.82 Å². The Morgan fingerprint density at radius 1 is 1.28 bits per heavy atom. The molecule has 2 amide bonds. The normalized spacial score (nSPS) is 13.6. The summed E-state index contributed by atoms with van der Waals surface area (Å²) in [4.78, 5) is 30.6. The number of halogens is 1. The van der Waals surface area contributed by atoms with Crippen LogP contribution in [0.5, 0.6) is 5.75 Å². The van der Waals surface area contributed by atoms with E-state index in [2.05, 4.69) is 10.3 Å². The van der Waals surface area contributed by atoms with Crippen molar-refractivity contribution in [3.05, 3.63) is 59.4 Å². The van der Waals surface area contributed by atoms with Crippen molar-refractivity contribution in [3.8, 4) is 16.3 Å². The largest absolute Gasteiger partial charge is 0.495 e. The Hall–Kier alpha value is -3.26. The topological polar surface area (TPSA) is 71.5 Å². The molecule has 0 spiro atoms. The molecule has 1 N–H and O–H groups in total. The van der Waals surface area contributed by atoms with Crippen LogP contribution in [0.1, 0.15) is 23.3 Å². The summed E-state index contributed by atoms with van der Waals surface area (Å²) in [6.45, 7) is 0.616. The third-order valence-electron chi connectivity index (χ3n) is 4.64. The SMILES string of the molecule is COc1ccc(NC(=O)c2csc(-c3ccccc3F)n2)cc1N1CCCC1=O. The number of aromatic nitrogens is 1. The Labute approximate surface area is 171 Å². The minimum atomic E-state index is -0.410. The molecule has 148 valence electrons. The minimum absolute atomic E-state index is 0.0285. The van der Waals surface area contributed by atoms with E-state index in [1.807, 2.05) is 0 Å². The van der Waals surface area contributed by atoms with Crippen LogP contribution < -0.4 is 15.0 Å². The van der Waals surface area contributed by atoms with E-state index in [9.17, 15) is 14.0 Å². The van der Waals surface area contributed by atoms with Gasteiger partial charge in [-0.25, -0.2) is 9.37 Å². The number of ether oxygens (including phenoxy) is 1. The van der Waals surface area contributed by atoms with Crippen molar-refractivity contribution in [1.29, 1.82) is 0 Å². The lowest BCUT2D eigenvalue weighted by Crippen LogP contribution is -2.24. The van der Waals surface area contributed by atoms with E-state index in [0.717, 1.165) is 6.42 Å². The lowest BCUT2D eigenvalue weighted by atomic mass is 10.2. The van der Waals surface area contributed by atoms with Gasteiger partial charge in [0.25, 0.3) is 5.91 Å². The molecule has 0 bridgehead atoms. The van der Waals surface area contributed by atoms with Crippen molar-refractivity contribution in [2.75, 3.05) is 23.9 Å². The molecule has 0 aliphatic carbocycles. The van der Waals surface area contributed by atoms with Crippen molar-refractivity contribution in [3.63, 3.8) is 0 Å². The van der Waals surface area contributed by atoms with Gasteiger partial charge in [0.2, 0.25) is 5.91 Å². The number of anilines is 2. The summed E-state index contributed by atoms with van der Waals surface area (Å²) in [6.07, 6.45) is 1.29. The van der Waals surface area contributed by atoms with Crippen molar-refractivity contribution in [2.24, 2.45) is 0 Å². The molecule has 0 saturated carbocycles. The number of amides is 2. The molecule has 0 unspecified atom stereocenters. The van der Waals surface area contributed by atoms with E-state index in [4.69, 9.17) is 4.74 Å². The monoisotopic (exact) mass is 411 g/mol. The first kappa shape index (κ1) is 19.1. The van der Waals surface area contributed by atoms with Crippen molar-refractivity contribution < 1.29 is 18.7 Å². The maximum atomic E-state index is 13.9. The van der Waals surface area contributed by atoms with Gasteiger partial charge in [-0.15, -0.1) is 11.3 Å². The van der Waals surface area contributed by atoms with E-state index in [1.165, 1.54) is 24.5 Å². The zero-order chi connectivity index (χ0) is 20.4. The molecule has 1 aliphatic heterocycles. The Morgan fingerprint density at radius 2 is 2.10 bits per heavy atom. The number of carbonyl (C=O) groups is 2. The predicted molar refractivity (Wildman–Crippen MR) is 110 cm³/mol. The standard InChI is InChI=1S/C21H18FN3O3S/c1-28-18-9-8-13(11-17(18)25-10-4-7-19(25)26)23-20(27)16-12-29-21(24-16)14-5-2-3-6-15(14)22/h2-3,5-6,8-9,11-12H,4,7,10H2,1H3,(H,23,27). The van der Waals surface area contributed by atoms with Gasteiger partial charge in [-0.3, -0.25) is 9.59 Å². The van der Waals surface area contributed by atoms with Crippen molar-refractivity contribution >= 4 is 34.5 Å². The van der Waals surface area contributed by atoms with Gasteiger partial charge < -0.3 is 15.0 Å². The van der Waals surface area contributed by atoms with Gasteiger partial charge in [0, 0.05) is 29.6 Å². The number of hydrogen-bond acceptors (Lipinski definition) is 5. The van der Waals surface area contributed by atoms with E-state index in [0.29, 0.717) is 40.7 Å². The number of methoxy groups -OCH3 is 1. The molecule has 1 aliphatic rings. The smallest absolute Gasteiger partial charge is 0.275 e. The predicted octanol–water partition coefficient (Wildman–Crippen LogP) is 4.34. The second-order valence-electron chi connectivity index (χ2n) is 6.51. The van der Waals surface area contributed by atoms with E-state index >= 15 is 0 Å². The van der Waals surface area contributed by atoms with Gasteiger partial charge in [-0.1, -0.05) is 12.1 Å². The third kappa shape index (κ3) is 3.84. The first-order valence-electron chi connectivity index (χ1n) is 9.07. The Bertz CT molecular complexity index is 1080. The Kier molecular flexibility index (Phi) is 5.26. The number of carbonyl (C=O) groups excluding carboxylic acids is 2. The second kappa shape index (κ2) is 8.00. The van der Waals surface area contributed by atoms with Crippen LogP contribution in [-0.2, 0) is 4.79 Å². The molecule has 2 heterocycles. The number of nitrogens with zero attached hydrogens (tertiary/aromatic N) is 2. The fourth-order valence-corrected chi connectivity index (χ4v) is 4.04. The number of thiazole rings is 1. The molecule has 29 heavy (non-hydrogen) atoms. The summed E-state index contributed by atoms with van der Waals surface area (Å²) in [5, 5.41) is 4.81. The highest BCUT2D eigenvalue weighted by Gasteiger charge is 2.25. The van der Waals surface area contributed by atoms with Crippen LogP contribution in [0.15, 0.2) is 47.8 Å². The van der Waals surface area contributed by atoms with Gasteiger partial charge in [-0.2, -0.15) is 0 Å². The summed E-state index contributed by atoms with van der Waals surface area (Å²) in [5.74, 6) is -0.203. The van der Waals surface area contributed by atoms with Crippen molar-refractivity contribution in [2.45, 2.75) is 12.8 Å². The van der Waals surface area contributed by atoms with Gasteiger partial charge >= 0.3 is 0 Å². The fraction of sp³-hybridized carbons (Fsp3) is 0.190. The molecule has 0 atom stereocenters. The van der Waals surface area contributed by atoms with Gasteiger partial charge in [-0.05, 0) is 36.8 Å². The maximum absolute atomic E-state index is 13.9. The molecule has 0 radical (unpaired) electrons. The van der Waals surface area contributed by atoms with E-state index in [-0.39, 0.29) is 17.4 Å². The van der Waals surface area contributed by atoms with Crippen LogP contribution in [-0.4, -0.2) is 30.5 Å². The summed E-state index contributed by atoms with van der Waals surface area (Å²) < 4.78 is 19.3. The molecular formula is C21H18FN3O3S. The molecule has 1 saturated heterocycles. The summed E-state index contributed by atoms with van der Waals surface area (Å²) in [6, 6.07) is 11.4. The van der Waals surface area contributed by atoms with Gasteiger partial charge in [0.1, 0.15) is 22.3 Å². The maximum Gasteiger partial charge on any atom is 0.275 e. The first-order chi connectivity index (χ1) is 14.1. The zero-order valence-electron chi connectivity index (χ0n) is 15.6. The average Bonchev–Trinajstić information content (AvgIpc) is 3.37. The number of rotatable bonds is 5. The van der Waals surface area contributed by atoms with E-state index in [1.54, 1.807) is 46.7 Å². The second-order valence-corrected chi connectivity index (χ2v) is 7.37. The zero-order valence-corrected chi connectivity index (χ0v) is 16.5. The lowest BCUT2D eigenvalue weighted by molar-refractivity contribution is -0.117. The third-order valence-corrected chi connectivity index (χ3v) is 5.52. The molecule has 8 heteroatoms. The van der Waals surface area contributed by atoms with Crippen LogP contribution in [0.3, 0.4) is 0 Å². The number of benzene rings is 2. The molecule has 3 aromatic rings. The van der Waals surface area contributed by atoms with Crippen molar-refractivity contribution in [1.82, 2.24) is 4.98 Å². The Balaban J connectivity index is 1.56. The lowest BCUT2D eigenvalue weighted by Gasteiger charge is -2.20. The first-order valence-corrected chi connectivity index (χ1v) is 9.95. The van der Waals surface area contributed by atoms with Crippen LogP contribution in [0.2, 0.25) is 0 Å². The molecule has 4 rings (SSSR count). The van der Waals surface area contributed by atoms with Gasteiger partial charge in [0.15, 0.2) is 0 Å². The molecule has 6 nitrogen and oxygen atoms in total. The van der Waals surface area contributed by atoms with Crippen LogP contribution in [0.4, 0.5) is 15.8 Å². The molecule has 2 aromatic carbocycles. The highest BCUT2D eigenvalue weighted by molar-refractivity contribution is 7.13. The van der Waals surface area contributed by atoms with E-state index < -0.39 is 5.91 Å². The summed E-state index contributed by atoms with van der Waals surface area (Å²) in [5.41, 5.74) is 1.70. The Morgan fingerprint density at radius 3 is 2.83 bits per heavy atom. The van der Waals surface area contributed by atoms with Crippen LogP contribution >= 0.6 is 11.3 Å². The highest BCUT2D eigenvalue weighted by atomic mass is 32.1. The molecular weight excluding hydrogens is 393 g/mol. The average molecular weight is 411 g/mol. The minimum Gasteiger partial charge on any atom is -0.495 e. The van der Waals surface area contributed by atoms with Gasteiger partial charge in [0.05, 0.1) is 12.8 Å². The summed E-state index contributed by atoms with van der Waals surface area (Å²) in [7, 11) is 1.54. The van der Waals surface area contributed by atoms with Crippen LogP contribution in [0.25, 0.3) is 10.6 Å². The molecule has 1 aromatic heterocycles. The highest BCUT2D eigenvalue weighted by Crippen LogP contribution is 2.34.